The molecular formula is C15H20N2O2. The van der Waals surface area contributed by atoms with Crippen molar-refractivity contribution in [3.05, 3.63) is 35.9 Å². The number of ether oxygens (including phenoxy) is 1. The number of hydrogen-bond donors (Lipinski definition) is 0. The summed E-state index contributed by atoms with van der Waals surface area (Å²) in [5.41, 5.74) is 1.04. The second kappa shape index (κ2) is 5.21. The standard InChI is InChI=1S/C15H20N2O2/c1-16-7-13-9-17(10-14(13)8-16)15(18)19-11-12-5-3-2-4-6-12/h2-6,13-14H,7-11H2,1H3/t13-,14+. The molecular weight excluding hydrogens is 240 g/mol. The molecule has 1 aromatic rings. The predicted octanol–water partition coefficient (Wildman–Crippen LogP) is 1.82. The molecule has 0 spiro atoms. The van der Waals surface area contributed by atoms with Gasteiger partial charge in [0.1, 0.15) is 6.61 Å². The van der Waals surface area contributed by atoms with Crippen LogP contribution in [0.1, 0.15) is 5.56 Å². The monoisotopic (exact) mass is 260 g/mol. The number of nitrogens with zero attached hydrogens (tertiary/aromatic N) is 2. The molecule has 0 N–H and O–H groups in total. The number of carbonyl (C=O) groups excluding carboxylic acids is 1. The van der Waals surface area contributed by atoms with E-state index >= 15 is 0 Å². The highest BCUT2D eigenvalue weighted by Crippen LogP contribution is 2.30. The molecule has 4 nitrogen and oxygen atoms in total. The van der Waals surface area contributed by atoms with Gasteiger partial charge in [-0.15, -0.1) is 0 Å². The van der Waals surface area contributed by atoms with Crippen LogP contribution >= 0.6 is 0 Å². The van der Waals surface area contributed by atoms with Crippen molar-refractivity contribution in [2.75, 3.05) is 33.2 Å². The van der Waals surface area contributed by atoms with Gasteiger partial charge in [0, 0.05) is 26.2 Å². The number of carbonyl (C=O) groups is 1. The van der Waals surface area contributed by atoms with E-state index in [2.05, 4.69) is 11.9 Å². The van der Waals surface area contributed by atoms with E-state index in [1.54, 1.807) is 0 Å². The van der Waals surface area contributed by atoms with Gasteiger partial charge >= 0.3 is 6.09 Å². The highest BCUT2D eigenvalue weighted by molar-refractivity contribution is 5.68. The zero-order chi connectivity index (χ0) is 13.2. The lowest BCUT2D eigenvalue weighted by Gasteiger charge is -2.19. The molecule has 0 saturated carbocycles. The Morgan fingerprint density at radius 1 is 1.16 bits per heavy atom. The van der Waals surface area contributed by atoms with Gasteiger partial charge in [0.2, 0.25) is 0 Å². The summed E-state index contributed by atoms with van der Waals surface area (Å²) in [5.74, 6) is 1.27. The summed E-state index contributed by atoms with van der Waals surface area (Å²) in [7, 11) is 2.15. The summed E-state index contributed by atoms with van der Waals surface area (Å²) in [6.45, 7) is 4.27. The third-order valence-electron chi connectivity index (χ3n) is 4.13. The second-order valence-corrected chi connectivity index (χ2v) is 5.69. The molecule has 4 heteroatoms. The Hall–Kier alpha value is -1.55. The SMILES string of the molecule is CN1C[C@@H]2CN(C(=O)OCc3ccccc3)C[C@@H]2C1. The number of amides is 1. The molecule has 0 aliphatic carbocycles. The molecule has 19 heavy (non-hydrogen) atoms. The van der Waals surface area contributed by atoms with Crippen LogP contribution < -0.4 is 0 Å². The van der Waals surface area contributed by atoms with Gasteiger partial charge in [-0.05, 0) is 24.4 Å². The van der Waals surface area contributed by atoms with Crippen LogP contribution in [0.5, 0.6) is 0 Å². The van der Waals surface area contributed by atoms with E-state index in [1.807, 2.05) is 35.2 Å². The minimum absolute atomic E-state index is 0.166. The van der Waals surface area contributed by atoms with Gasteiger partial charge in [0.25, 0.3) is 0 Å². The summed E-state index contributed by atoms with van der Waals surface area (Å²) < 4.78 is 5.38. The van der Waals surface area contributed by atoms with E-state index in [0.717, 1.165) is 31.7 Å². The minimum atomic E-state index is -0.166. The molecule has 2 atom stereocenters. The molecule has 0 unspecified atom stereocenters. The van der Waals surface area contributed by atoms with Crippen LogP contribution in [-0.4, -0.2) is 49.1 Å². The van der Waals surface area contributed by atoms with Crippen molar-refractivity contribution in [2.24, 2.45) is 11.8 Å². The quantitative estimate of drug-likeness (QED) is 0.813. The molecule has 1 aromatic carbocycles. The summed E-state index contributed by atoms with van der Waals surface area (Å²) in [5, 5.41) is 0. The van der Waals surface area contributed by atoms with Gasteiger partial charge in [-0.1, -0.05) is 30.3 Å². The Balaban J connectivity index is 1.50. The van der Waals surface area contributed by atoms with Crippen molar-refractivity contribution < 1.29 is 9.53 Å². The molecule has 0 radical (unpaired) electrons. The van der Waals surface area contributed by atoms with Crippen LogP contribution in [0.25, 0.3) is 0 Å². The van der Waals surface area contributed by atoms with Gasteiger partial charge in [0.05, 0.1) is 0 Å². The van der Waals surface area contributed by atoms with Crippen molar-refractivity contribution in [2.45, 2.75) is 6.61 Å². The van der Waals surface area contributed by atoms with Gasteiger partial charge < -0.3 is 14.5 Å². The molecule has 2 heterocycles. The van der Waals surface area contributed by atoms with Crippen molar-refractivity contribution in [1.82, 2.24) is 9.80 Å². The molecule has 3 rings (SSSR count). The Morgan fingerprint density at radius 3 is 2.42 bits per heavy atom. The van der Waals surface area contributed by atoms with E-state index in [9.17, 15) is 4.79 Å². The fourth-order valence-electron chi connectivity index (χ4n) is 3.19. The fourth-order valence-corrected chi connectivity index (χ4v) is 3.19. The minimum Gasteiger partial charge on any atom is -0.445 e. The average Bonchev–Trinajstić information content (AvgIpc) is 2.94. The summed E-state index contributed by atoms with van der Waals surface area (Å²) in [6.07, 6.45) is -0.166. The lowest BCUT2D eigenvalue weighted by Crippen LogP contribution is -2.32. The maximum absolute atomic E-state index is 12.0. The smallest absolute Gasteiger partial charge is 0.410 e. The van der Waals surface area contributed by atoms with Crippen molar-refractivity contribution in [1.29, 1.82) is 0 Å². The molecule has 1 amide bonds. The lowest BCUT2D eigenvalue weighted by molar-refractivity contribution is 0.100. The first kappa shape index (κ1) is 12.5. The van der Waals surface area contributed by atoms with Crippen LogP contribution in [0.2, 0.25) is 0 Å². The largest absolute Gasteiger partial charge is 0.445 e. The Bertz CT molecular complexity index is 435. The summed E-state index contributed by atoms with van der Waals surface area (Å²) in [4.78, 5) is 16.2. The number of likely N-dealkylation sites (tertiary alicyclic amines) is 2. The normalized spacial score (nSPS) is 26.5. The zero-order valence-corrected chi connectivity index (χ0v) is 11.3. The molecule has 0 bridgehead atoms. The van der Waals surface area contributed by atoms with E-state index in [1.165, 1.54) is 0 Å². The third-order valence-corrected chi connectivity index (χ3v) is 4.13. The number of fused-ring (bicyclic) bond motifs is 1. The van der Waals surface area contributed by atoms with Crippen LogP contribution in [0, 0.1) is 11.8 Å². The van der Waals surface area contributed by atoms with Crippen molar-refractivity contribution >= 4 is 6.09 Å². The maximum Gasteiger partial charge on any atom is 0.410 e. The molecule has 102 valence electrons. The Labute approximate surface area is 113 Å². The van der Waals surface area contributed by atoms with Gasteiger partial charge in [-0.2, -0.15) is 0 Å². The number of benzene rings is 1. The number of rotatable bonds is 2. The zero-order valence-electron chi connectivity index (χ0n) is 11.3. The van der Waals surface area contributed by atoms with Crippen molar-refractivity contribution in [3.63, 3.8) is 0 Å². The Morgan fingerprint density at radius 2 is 1.79 bits per heavy atom. The van der Waals surface area contributed by atoms with E-state index in [4.69, 9.17) is 4.74 Å². The second-order valence-electron chi connectivity index (χ2n) is 5.69. The number of hydrogen-bond acceptors (Lipinski definition) is 3. The summed E-state index contributed by atoms with van der Waals surface area (Å²) >= 11 is 0. The average molecular weight is 260 g/mol. The molecule has 2 aliphatic rings. The van der Waals surface area contributed by atoms with Gasteiger partial charge in [0.15, 0.2) is 0 Å². The first-order chi connectivity index (χ1) is 9.22. The van der Waals surface area contributed by atoms with Crippen LogP contribution in [-0.2, 0) is 11.3 Å². The lowest BCUT2D eigenvalue weighted by atomic mass is 10.0. The van der Waals surface area contributed by atoms with E-state index < -0.39 is 0 Å². The van der Waals surface area contributed by atoms with Crippen LogP contribution in [0.3, 0.4) is 0 Å². The van der Waals surface area contributed by atoms with Crippen molar-refractivity contribution in [3.8, 4) is 0 Å². The highest BCUT2D eigenvalue weighted by Gasteiger charge is 2.40. The highest BCUT2D eigenvalue weighted by atomic mass is 16.6. The Kier molecular flexibility index (Phi) is 3.42. The topological polar surface area (TPSA) is 32.8 Å². The molecule has 2 fully saturated rings. The first-order valence-corrected chi connectivity index (χ1v) is 6.86. The van der Waals surface area contributed by atoms with Crippen LogP contribution in [0.15, 0.2) is 30.3 Å². The molecule has 0 aromatic heterocycles. The van der Waals surface area contributed by atoms with Gasteiger partial charge in [-0.25, -0.2) is 4.79 Å². The maximum atomic E-state index is 12.0. The van der Waals surface area contributed by atoms with E-state index in [0.29, 0.717) is 18.4 Å². The predicted molar refractivity (Wildman–Crippen MR) is 72.7 cm³/mol. The summed E-state index contributed by atoms with van der Waals surface area (Å²) in [6, 6.07) is 9.82. The first-order valence-electron chi connectivity index (χ1n) is 6.86. The fraction of sp³-hybridized carbons (Fsp3) is 0.533. The van der Waals surface area contributed by atoms with Crippen LogP contribution in [0.4, 0.5) is 4.79 Å². The molecule has 2 aliphatic heterocycles. The van der Waals surface area contributed by atoms with Gasteiger partial charge in [-0.3, -0.25) is 0 Å². The molecule has 2 saturated heterocycles. The van der Waals surface area contributed by atoms with E-state index in [-0.39, 0.29) is 6.09 Å². The third kappa shape index (κ3) is 2.73.